The van der Waals surface area contributed by atoms with Gasteiger partial charge in [-0.3, -0.25) is 4.79 Å². The molecule has 1 aromatic rings. The van der Waals surface area contributed by atoms with Crippen LogP contribution in [0, 0.1) is 12.7 Å². The number of hydrogen-bond acceptors (Lipinski definition) is 1. The van der Waals surface area contributed by atoms with Crippen LogP contribution >= 0.6 is 0 Å². The number of aryl methyl sites for hydroxylation is 1. The Morgan fingerprint density at radius 2 is 2.23 bits per heavy atom. The third-order valence-electron chi connectivity index (χ3n) is 1.94. The Bertz CT molecular complexity index is 292. The summed E-state index contributed by atoms with van der Waals surface area (Å²) in [6, 6.07) is 4.90. The van der Waals surface area contributed by atoms with Crippen molar-refractivity contribution in [3.05, 3.63) is 35.1 Å². The maximum absolute atomic E-state index is 13.2. The third-order valence-corrected chi connectivity index (χ3v) is 1.94. The smallest absolute Gasteiger partial charge is 0.209 e. The van der Waals surface area contributed by atoms with Crippen LogP contribution in [-0.2, 0) is 11.3 Å². The SMILES string of the molecule is Cc1cccc(F)c1CN(C)C=O. The predicted octanol–water partition coefficient (Wildman–Crippen LogP) is 1.72. The van der Waals surface area contributed by atoms with Crippen LogP contribution in [0.1, 0.15) is 11.1 Å². The average molecular weight is 181 g/mol. The van der Waals surface area contributed by atoms with Gasteiger partial charge in [0.1, 0.15) is 5.82 Å². The molecule has 0 radical (unpaired) electrons. The fourth-order valence-corrected chi connectivity index (χ4v) is 1.15. The van der Waals surface area contributed by atoms with E-state index in [2.05, 4.69) is 0 Å². The highest BCUT2D eigenvalue weighted by Crippen LogP contribution is 2.13. The number of carbonyl (C=O) groups is 1. The minimum Gasteiger partial charge on any atom is -0.344 e. The second-order valence-electron chi connectivity index (χ2n) is 3.06. The molecule has 0 N–H and O–H groups in total. The summed E-state index contributed by atoms with van der Waals surface area (Å²) >= 11 is 0. The zero-order valence-electron chi connectivity index (χ0n) is 7.75. The molecule has 2 nitrogen and oxygen atoms in total. The first-order valence-electron chi connectivity index (χ1n) is 4.04. The van der Waals surface area contributed by atoms with Gasteiger partial charge in [0.15, 0.2) is 0 Å². The minimum absolute atomic E-state index is 0.256. The maximum Gasteiger partial charge on any atom is 0.209 e. The first-order valence-corrected chi connectivity index (χ1v) is 4.04. The Morgan fingerprint density at radius 1 is 1.54 bits per heavy atom. The molecule has 0 saturated carbocycles. The molecule has 1 rings (SSSR count). The van der Waals surface area contributed by atoms with Crippen molar-refractivity contribution in [3.63, 3.8) is 0 Å². The number of nitrogens with zero attached hydrogens (tertiary/aromatic N) is 1. The summed E-state index contributed by atoms with van der Waals surface area (Å²) in [4.78, 5) is 11.7. The standard InChI is InChI=1S/C10H12FNO/c1-8-4-3-5-10(11)9(8)6-12(2)7-13/h3-5,7H,6H2,1-2H3. The first-order chi connectivity index (χ1) is 6.15. The molecule has 0 aliphatic rings. The highest BCUT2D eigenvalue weighted by molar-refractivity contribution is 5.47. The van der Waals surface area contributed by atoms with Gasteiger partial charge >= 0.3 is 0 Å². The van der Waals surface area contributed by atoms with Crippen LogP contribution in [0.2, 0.25) is 0 Å². The Labute approximate surface area is 77.0 Å². The van der Waals surface area contributed by atoms with Crippen molar-refractivity contribution in [2.45, 2.75) is 13.5 Å². The molecule has 0 bridgehead atoms. The van der Waals surface area contributed by atoms with Crippen LogP contribution in [0.15, 0.2) is 18.2 Å². The van der Waals surface area contributed by atoms with E-state index in [1.54, 1.807) is 13.1 Å². The summed E-state index contributed by atoms with van der Waals surface area (Å²) in [5, 5.41) is 0. The molecule has 0 fully saturated rings. The minimum atomic E-state index is -0.256. The molecule has 0 saturated heterocycles. The van der Waals surface area contributed by atoms with E-state index >= 15 is 0 Å². The van der Waals surface area contributed by atoms with E-state index in [9.17, 15) is 9.18 Å². The molecule has 0 aromatic heterocycles. The molecule has 1 aromatic carbocycles. The van der Waals surface area contributed by atoms with Crippen LogP contribution in [-0.4, -0.2) is 18.4 Å². The average Bonchev–Trinajstić information content (AvgIpc) is 2.11. The molecule has 0 spiro atoms. The van der Waals surface area contributed by atoms with Gasteiger partial charge in [0.05, 0.1) is 0 Å². The fraction of sp³-hybridized carbons (Fsp3) is 0.300. The van der Waals surface area contributed by atoms with Gasteiger partial charge in [-0.1, -0.05) is 12.1 Å². The van der Waals surface area contributed by atoms with E-state index in [4.69, 9.17) is 0 Å². The number of carbonyl (C=O) groups excluding carboxylic acids is 1. The zero-order chi connectivity index (χ0) is 9.84. The van der Waals surface area contributed by atoms with Gasteiger partial charge < -0.3 is 4.90 Å². The summed E-state index contributed by atoms with van der Waals surface area (Å²) in [6.07, 6.45) is 0.686. The quantitative estimate of drug-likeness (QED) is 0.650. The van der Waals surface area contributed by atoms with Crippen molar-refractivity contribution < 1.29 is 9.18 Å². The Morgan fingerprint density at radius 3 is 2.77 bits per heavy atom. The summed E-state index contributed by atoms with van der Waals surface area (Å²) in [5.41, 5.74) is 1.45. The van der Waals surface area contributed by atoms with Crippen LogP contribution < -0.4 is 0 Å². The van der Waals surface area contributed by atoms with Gasteiger partial charge in [0.2, 0.25) is 6.41 Å². The summed E-state index contributed by atoms with van der Waals surface area (Å²) in [6.45, 7) is 2.15. The van der Waals surface area contributed by atoms with Crippen molar-refractivity contribution in [3.8, 4) is 0 Å². The van der Waals surface area contributed by atoms with Gasteiger partial charge in [-0.15, -0.1) is 0 Å². The normalized spacial score (nSPS) is 9.77. The molecule has 0 unspecified atom stereocenters. The zero-order valence-corrected chi connectivity index (χ0v) is 7.75. The molecule has 1 amide bonds. The van der Waals surface area contributed by atoms with Crippen molar-refractivity contribution in [2.75, 3.05) is 7.05 Å². The monoisotopic (exact) mass is 181 g/mol. The van der Waals surface area contributed by atoms with Crippen LogP contribution in [0.4, 0.5) is 4.39 Å². The molecular formula is C10H12FNO. The van der Waals surface area contributed by atoms with E-state index in [1.807, 2.05) is 13.0 Å². The summed E-state index contributed by atoms with van der Waals surface area (Å²) in [5.74, 6) is -0.256. The van der Waals surface area contributed by atoms with E-state index in [-0.39, 0.29) is 5.82 Å². The van der Waals surface area contributed by atoms with Gasteiger partial charge in [-0.05, 0) is 18.6 Å². The number of benzene rings is 1. The van der Waals surface area contributed by atoms with Crippen molar-refractivity contribution in [2.24, 2.45) is 0 Å². The lowest BCUT2D eigenvalue weighted by Gasteiger charge is -2.13. The number of amides is 1. The van der Waals surface area contributed by atoms with Crippen LogP contribution in [0.5, 0.6) is 0 Å². The van der Waals surface area contributed by atoms with E-state index in [0.717, 1.165) is 5.56 Å². The second-order valence-corrected chi connectivity index (χ2v) is 3.06. The number of hydrogen-bond donors (Lipinski definition) is 0. The third kappa shape index (κ3) is 2.28. The van der Waals surface area contributed by atoms with E-state index < -0.39 is 0 Å². The van der Waals surface area contributed by atoms with Gasteiger partial charge in [0.25, 0.3) is 0 Å². The molecule has 0 aliphatic heterocycles. The van der Waals surface area contributed by atoms with Gasteiger partial charge in [-0.25, -0.2) is 4.39 Å². The first kappa shape index (κ1) is 9.71. The van der Waals surface area contributed by atoms with E-state index in [1.165, 1.54) is 11.0 Å². The summed E-state index contributed by atoms with van der Waals surface area (Å²) < 4.78 is 13.2. The lowest BCUT2D eigenvalue weighted by Crippen LogP contribution is -2.16. The van der Waals surface area contributed by atoms with Gasteiger partial charge in [-0.2, -0.15) is 0 Å². The van der Waals surface area contributed by atoms with E-state index in [0.29, 0.717) is 18.5 Å². The number of halogens is 1. The predicted molar refractivity (Wildman–Crippen MR) is 48.7 cm³/mol. The van der Waals surface area contributed by atoms with Crippen molar-refractivity contribution in [1.82, 2.24) is 4.90 Å². The number of rotatable bonds is 3. The molecular weight excluding hydrogens is 169 g/mol. The molecule has 0 heterocycles. The highest BCUT2D eigenvalue weighted by Gasteiger charge is 2.06. The van der Waals surface area contributed by atoms with Gasteiger partial charge in [0, 0.05) is 19.2 Å². The Kier molecular flexibility index (Phi) is 3.01. The van der Waals surface area contributed by atoms with Crippen molar-refractivity contribution in [1.29, 1.82) is 0 Å². The van der Waals surface area contributed by atoms with Crippen LogP contribution in [0.3, 0.4) is 0 Å². The fourth-order valence-electron chi connectivity index (χ4n) is 1.15. The highest BCUT2D eigenvalue weighted by atomic mass is 19.1. The molecule has 0 atom stereocenters. The topological polar surface area (TPSA) is 20.3 Å². The Balaban J connectivity index is 2.93. The second kappa shape index (κ2) is 4.03. The molecule has 3 heteroatoms. The summed E-state index contributed by atoms with van der Waals surface area (Å²) in [7, 11) is 1.62. The molecule has 70 valence electrons. The largest absolute Gasteiger partial charge is 0.344 e. The van der Waals surface area contributed by atoms with Crippen LogP contribution in [0.25, 0.3) is 0 Å². The lowest BCUT2D eigenvalue weighted by molar-refractivity contribution is -0.117. The molecule has 13 heavy (non-hydrogen) atoms. The lowest BCUT2D eigenvalue weighted by atomic mass is 10.1. The maximum atomic E-state index is 13.2. The Hall–Kier alpha value is -1.38. The molecule has 0 aliphatic carbocycles. The van der Waals surface area contributed by atoms with Crippen molar-refractivity contribution >= 4 is 6.41 Å².